The Morgan fingerprint density at radius 1 is 1.29 bits per heavy atom. The average molecular weight is 316 g/mol. The fraction of sp³-hybridized carbons (Fsp3) is 0.500. The maximum atomic E-state index is 13.3. The first-order chi connectivity index (χ1) is 9.94. The second-order valence-electron chi connectivity index (χ2n) is 4.68. The largest absolute Gasteiger partial charge is 0.355 e. The second-order valence-corrected chi connectivity index (χ2v) is 6.61. The summed E-state index contributed by atoms with van der Waals surface area (Å²) >= 11 is 0. The van der Waals surface area contributed by atoms with Gasteiger partial charge in [0, 0.05) is 6.54 Å². The smallest absolute Gasteiger partial charge is 0.235 e. The van der Waals surface area contributed by atoms with Gasteiger partial charge in [0.15, 0.2) is 0 Å². The minimum Gasteiger partial charge on any atom is -0.355 e. The van der Waals surface area contributed by atoms with Gasteiger partial charge in [0.2, 0.25) is 15.9 Å². The summed E-state index contributed by atoms with van der Waals surface area (Å²) in [7, 11) is -3.39. The number of hydrogen-bond donors (Lipinski definition) is 2. The van der Waals surface area contributed by atoms with Crippen LogP contribution in [-0.4, -0.2) is 33.2 Å². The maximum Gasteiger partial charge on any atom is 0.235 e. The summed E-state index contributed by atoms with van der Waals surface area (Å²) < 4.78 is 38.6. The molecule has 21 heavy (non-hydrogen) atoms. The van der Waals surface area contributed by atoms with Crippen molar-refractivity contribution in [3.63, 3.8) is 0 Å². The van der Waals surface area contributed by atoms with Crippen LogP contribution in [-0.2, 0) is 21.2 Å². The van der Waals surface area contributed by atoms with Gasteiger partial charge in [-0.1, -0.05) is 31.5 Å². The van der Waals surface area contributed by atoms with Crippen molar-refractivity contribution < 1.29 is 17.6 Å². The topological polar surface area (TPSA) is 75.3 Å². The number of unbranched alkanes of at least 4 members (excludes halogenated alkanes) is 1. The van der Waals surface area contributed by atoms with E-state index in [0.717, 1.165) is 6.42 Å². The van der Waals surface area contributed by atoms with Gasteiger partial charge in [-0.25, -0.2) is 17.5 Å². The van der Waals surface area contributed by atoms with E-state index in [1.165, 1.54) is 6.07 Å². The second kappa shape index (κ2) is 8.74. The Labute approximate surface area is 125 Å². The number of carbonyl (C=O) groups is 1. The predicted octanol–water partition coefficient (Wildman–Crippen LogP) is 1.20. The van der Waals surface area contributed by atoms with Crippen LogP contribution in [0.4, 0.5) is 4.39 Å². The third kappa shape index (κ3) is 7.19. The molecule has 0 heterocycles. The third-order valence-corrected chi connectivity index (χ3v) is 4.30. The zero-order chi connectivity index (χ0) is 15.7. The molecule has 0 aromatic heterocycles. The molecule has 0 aliphatic rings. The number of benzene rings is 1. The standard InChI is InChI=1S/C14H21FN2O3S/c1-2-3-10-21(19,20)17-11-14(18)16-9-8-12-6-4-5-7-13(12)15/h4-7,17H,2-3,8-11H2,1H3,(H,16,18). The minimum absolute atomic E-state index is 0.0198. The van der Waals surface area contributed by atoms with Gasteiger partial charge in [-0.15, -0.1) is 0 Å². The highest BCUT2D eigenvalue weighted by molar-refractivity contribution is 7.89. The van der Waals surface area contributed by atoms with E-state index in [9.17, 15) is 17.6 Å². The lowest BCUT2D eigenvalue weighted by Gasteiger charge is -2.08. The summed E-state index contributed by atoms with van der Waals surface area (Å²) in [6.45, 7) is 1.87. The van der Waals surface area contributed by atoms with Gasteiger partial charge in [0.25, 0.3) is 0 Å². The van der Waals surface area contributed by atoms with Crippen LogP contribution < -0.4 is 10.0 Å². The van der Waals surface area contributed by atoms with Gasteiger partial charge in [0.05, 0.1) is 12.3 Å². The maximum absolute atomic E-state index is 13.3. The quantitative estimate of drug-likeness (QED) is 0.719. The van der Waals surface area contributed by atoms with Crippen LogP contribution in [0.3, 0.4) is 0 Å². The molecule has 0 unspecified atom stereocenters. The van der Waals surface area contributed by atoms with Crippen molar-refractivity contribution in [2.24, 2.45) is 0 Å². The first kappa shape index (κ1) is 17.6. The lowest BCUT2D eigenvalue weighted by molar-refractivity contribution is -0.119. The Hall–Kier alpha value is -1.47. The molecule has 0 saturated heterocycles. The lowest BCUT2D eigenvalue weighted by atomic mass is 10.1. The Balaban J connectivity index is 2.27. The highest BCUT2D eigenvalue weighted by Gasteiger charge is 2.11. The first-order valence-corrected chi connectivity index (χ1v) is 8.57. The van der Waals surface area contributed by atoms with E-state index in [-0.39, 0.29) is 24.7 Å². The van der Waals surface area contributed by atoms with Crippen molar-refractivity contribution >= 4 is 15.9 Å². The van der Waals surface area contributed by atoms with Crippen molar-refractivity contribution in [2.45, 2.75) is 26.2 Å². The van der Waals surface area contributed by atoms with E-state index in [1.807, 2.05) is 6.92 Å². The average Bonchev–Trinajstić information content (AvgIpc) is 2.45. The van der Waals surface area contributed by atoms with Crippen LogP contribution in [0.25, 0.3) is 0 Å². The fourth-order valence-electron chi connectivity index (χ4n) is 1.68. The van der Waals surface area contributed by atoms with Crippen LogP contribution in [0.5, 0.6) is 0 Å². The lowest BCUT2D eigenvalue weighted by Crippen LogP contribution is -2.38. The van der Waals surface area contributed by atoms with Gasteiger partial charge in [-0.3, -0.25) is 4.79 Å². The van der Waals surface area contributed by atoms with Crippen molar-refractivity contribution in [1.82, 2.24) is 10.0 Å². The third-order valence-electron chi connectivity index (χ3n) is 2.89. The van der Waals surface area contributed by atoms with E-state index < -0.39 is 15.9 Å². The summed E-state index contributed by atoms with van der Waals surface area (Å²) in [6.07, 6.45) is 1.70. The molecule has 0 fully saturated rings. The fourth-order valence-corrected chi connectivity index (χ4v) is 2.85. The van der Waals surface area contributed by atoms with Crippen LogP contribution in [0.1, 0.15) is 25.3 Å². The summed E-state index contributed by atoms with van der Waals surface area (Å²) in [5, 5.41) is 2.55. The summed E-state index contributed by atoms with van der Waals surface area (Å²) in [5.74, 6) is -0.718. The molecule has 0 spiro atoms. The highest BCUT2D eigenvalue weighted by Crippen LogP contribution is 2.05. The normalized spacial score (nSPS) is 11.3. The van der Waals surface area contributed by atoms with Gasteiger partial charge in [-0.05, 0) is 24.5 Å². The van der Waals surface area contributed by atoms with Crippen LogP contribution >= 0.6 is 0 Å². The Kier molecular flexibility index (Phi) is 7.31. The monoisotopic (exact) mass is 316 g/mol. The molecule has 0 bridgehead atoms. The molecule has 1 rings (SSSR count). The number of carbonyl (C=O) groups excluding carboxylic acids is 1. The van der Waals surface area contributed by atoms with E-state index in [4.69, 9.17) is 0 Å². The zero-order valence-electron chi connectivity index (χ0n) is 12.1. The number of sulfonamides is 1. The SMILES string of the molecule is CCCCS(=O)(=O)NCC(=O)NCCc1ccccc1F. The molecule has 0 aliphatic carbocycles. The summed E-state index contributed by atoms with van der Waals surface area (Å²) in [6, 6.07) is 6.33. The van der Waals surface area contributed by atoms with E-state index in [0.29, 0.717) is 18.4 Å². The van der Waals surface area contributed by atoms with Crippen molar-refractivity contribution in [2.75, 3.05) is 18.8 Å². The highest BCUT2D eigenvalue weighted by atomic mass is 32.2. The Morgan fingerprint density at radius 3 is 2.67 bits per heavy atom. The number of nitrogens with one attached hydrogen (secondary N) is 2. The molecule has 5 nitrogen and oxygen atoms in total. The van der Waals surface area contributed by atoms with Gasteiger partial charge in [0.1, 0.15) is 5.82 Å². The van der Waals surface area contributed by atoms with Gasteiger partial charge in [-0.2, -0.15) is 0 Å². The van der Waals surface area contributed by atoms with Crippen molar-refractivity contribution in [1.29, 1.82) is 0 Å². The van der Waals surface area contributed by atoms with Crippen molar-refractivity contribution in [3.05, 3.63) is 35.6 Å². The first-order valence-electron chi connectivity index (χ1n) is 6.92. The number of halogens is 1. The predicted molar refractivity (Wildman–Crippen MR) is 79.8 cm³/mol. The Morgan fingerprint density at radius 2 is 2.00 bits per heavy atom. The molecule has 7 heteroatoms. The summed E-state index contributed by atoms with van der Waals surface area (Å²) in [5.41, 5.74) is 0.515. The molecule has 118 valence electrons. The molecule has 0 radical (unpaired) electrons. The van der Waals surface area contributed by atoms with Crippen molar-refractivity contribution in [3.8, 4) is 0 Å². The zero-order valence-corrected chi connectivity index (χ0v) is 12.9. The Bertz CT molecular complexity index is 561. The van der Waals surface area contributed by atoms with Gasteiger partial charge < -0.3 is 5.32 Å². The molecule has 0 atom stereocenters. The number of hydrogen-bond acceptors (Lipinski definition) is 3. The molecule has 1 aromatic rings. The summed E-state index contributed by atoms with van der Waals surface area (Å²) in [4.78, 5) is 11.5. The van der Waals surface area contributed by atoms with E-state index >= 15 is 0 Å². The van der Waals surface area contributed by atoms with Gasteiger partial charge >= 0.3 is 0 Å². The minimum atomic E-state index is -3.39. The van der Waals surface area contributed by atoms with Crippen LogP contribution in [0.15, 0.2) is 24.3 Å². The molecular formula is C14H21FN2O3S. The molecule has 1 amide bonds. The van der Waals surface area contributed by atoms with Crippen LogP contribution in [0.2, 0.25) is 0 Å². The molecule has 0 aliphatic heterocycles. The molecular weight excluding hydrogens is 295 g/mol. The van der Waals surface area contributed by atoms with E-state index in [1.54, 1.807) is 18.2 Å². The molecule has 0 saturated carbocycles. The van der Waals surface area contributed by atoms with E-state index in [2.05, 4.69) is 10.0 Å². The molecule has 2 N–H and O–H groups in total. The molecule has 1 aromatic carbocycles. The number of rotatable bonds is 9. The van der Waals surface area contributed by atoms with Crippen LogP contribution in [0, 0.1) is 5.82 Å². The number of amides is 1.